The molecule has 8 nitrogen and oxygen atoms in total. The summed E-state index contributed by atoms with van der Waals surface area (Å²) in [5.74, 6) is -1.16. The molecule has 3 aliphatic heterocycles. The SMILES string of the molecule is Cc1c(C)c2c(c(C)c1O)CCC(C)(CC1OC[C@@H]([C@H]3OC(=O)C(O)=C3O)O1)O2. The number of phenolic OH excluding ortho intramolecular Hbond substituents is 1. The molecule has 0 bridgehead atoms. The van der Waals surface area contributed by atoms with Crippen LogP contribution in [0.15, 0.2) is 11.5 Å². The van der Waals surface area contributed by atoms with E-state index in [0.717, 1.165) is 40.8 Å². The van der Waals surface area contributed by atoms with Crippen molar-refractivity contribution in [1.82, 2.24) is 0 Å². The minimum Gasteiger partial charge on any atom is -0.507 e. The third kappa shape index (κ3) is 3.20. The van der Waals surface area contributed by atoms with E-state index < -0.39 is 41.6 Å². The van der Waals surface area contributed by atoms with Gasteiger partial charge in [-0.25, -0.2) is 4.79 Å². The van der Waals surface area contributed by atoms with Crippen LogP contribution in [0, 0.1) is 20.8 Å². The Balaban J connectivity index is 1.47. The number of carbonyl (C=O) groups excluding carboxylic acids is 1. The van der Waals surface area contributed by atoms with Gasteiger partial charge in [-0.1, -0.05) is 0 Å². The maximum atomic E-state index is 11.4. The first kappa shape index (κ1) is 19.8. The topological polar surface area (TPSA) is 115 Å². The van der Waals surface area contributed by atoms with Gasteiger partial charge in [0, 0.05) is 12.0 Å². The number of hydrogen-bond donors (Lipinski definition) is 3. The highest BCUT2D eigenvalue weighted by Crippen LogP contribution is 2.45. The van der Waals surface area contributed by atoms with Crippen LogP contribution in [0.2, 0.25) is 0 Å². The second-order valence-corrected chi connectivity index (χ2v) is 8.28. The van der Waals surface area contributed by atoms with Gasteiger partial charge in [0.1, 0.15) is 23.2 Å². The number of esters is 1. The molecule has 3 heterocycles. The van der Waals surface area contributed by atoms with E-state index in [9.17, 15) is 20.1 Å². The van der Waals surface area contributed by atoms with Gasteiger partial charge in [0.15, 0.2) is 18.2 Å². The molecule has 3 aliphatic rings. The summed E-state index contributed by atoms with van der Waals surface area (Å²) < 4.78 is 22.9. The molecule has 2 unspecified atom stereocenters. The zero-order valence-electron chi connectivity index (χ0n) is 16.9. The number of aliphatic hydroxyl groups excluding tert-OH is 2. The number of fused-ring (bicyclic) bond motifs is 1. The van der Waals surface area contributed by atoms with Gasteiger partial charge in [-0.2, -0.15) is 0 Å². The van der Waals surface area contributed by atoms with Crippen molar-refractivity contribution in [3.05, 3.63) is 33.8 Å². The highest BCUT2D eigenvalue weighted by molar-refractivity contribution is 5.89. The van der Waals surface area contributed by atoms with Crippen molar-refractivity contribution in [2.24, 2.45) is 0 Å². The highest BCUT2D eigenvalue weighted by atomic mass is 16.7. The summed E-state index contributed by atoms with van der Waals surface area (Å²) in [7, 11) is 0. The van der Waals surface area contributed by atoms with Crippen molar-refractivity contribution < 1.29 is 39.1 Å². The predicted molar refractivity (Wildman–Crippen MR) is 101 cm³/mol. The molecule has 158 valence electrons. The number of ether oxygens (including phenoxy) is 4. The molecule has 4 atom stereocenters. The van der Waals surface area contributed by atoms with Crippen molar-refractivity contribution in [2.75, 3.05) is 6.61 Å². The molecule has 3 N–H and O–H groups in total. The Bertz CT molecular complexity index is 905. The largest absolute Gasteiger partial charge is 0.507 e. The third-order valence-electron chi connectivity index (χ3n) is 6.24. The number of benzene rings is 1. The lowest BCUT2D eigenvalue weighted by molar-refractivity contribution is -0.151. The summed E-state index contributed by atoms with van der Waals surface area (Å²) in [5.41, 5.74) is 3.06. The molecular formula is C21H26O8. The van der Waals surface area contributed by atoms with Crippen molar-refractivity contribution in [1.29, 1.82) is 0 Å². The standard InChI is InChI=1S/C21H26O8/c1-9-10(2)18-12(11(3)15(9)22)5-6-21(4,29-18)7-14-26-8-13(27-14)19-16(23)17(24)20(25)28-19/h13-14,19,22-24H,5-8H2,1-4H3/t13-,14?,19+,21?/m0/s1. The van der Waals surface area contributed by atoms with Gasteiger partial charge in [0.05, 0.1) is 6.61 Å². The average Bonchev–Trinajstić information content (AvgIpc) is 3.24. The van der Waals surface area contributed by atoms with Crippen LogP contribution < -0.4 is 4.74 Å². The molecule has 0 saturated carbocycles. The van der Waals surface area contributed by atoms with Crippen molar-refractivity contribution >= 4 is 5.97 Å². The van der Waals surface area contributed by atoms with Crippen LogP contribution in [0.25, 0.3) is 0 Å². The average molecular weight is 406 g/mol. The Morgan fingerprint density at radius 1 is 1.10 bits per heavy atom. The first-order valence-corrected chi connectivity index (χ1v) is 9.72. The van der Waals surface area contributed by atoms with Gasteiger partial charge < -0.3 is 34.3 Å². The number of rotatable bonds is 3. The number of cyclic esters (lactones) is 1. The fraction of sp³-hybridized carbons (Fsp3) is 0.571. The lowest BCUT2D eigenvalue weighted by Gasteiger charge is -2.39. The summed E-state index contributed by atoms with van der Waals surface area (Å²) in [6.45, 7) is 7.83. The van der Waals surface area contributed by atoms with Gasteiger partial charge in [0.25, 0.3) is 0 Å². The summed E-state index contributed by atoms with van der Waals surface area (Å²) in [4.78, 5) is 11.4. The summed E-state index contributed by atoms with van der Waals surface area (Å²) in [5, 5.41) is 29.7. The monoisotopic (exact) mass is 406 g/mol. The molecule has 0 aliphatic carbocycles. The summed E-state index contributed by atoms with van der Waals surface area (Å²) in [6.07, 6.45) is -0.430. The first-order valence-electron chi connectivity index (χ1n) is 9.72. The molecule has 0 amide bonds. The van der Waals surface area contributed by atoms with Crippen LogP contribution >= 0.6 is 0 Å². The maximum absolute atomic E-state index is 11.4. The molecule has 0 aromatic heterocycles. The van der Waals surface area contributed by atoms with E-state index in [0.29, 0.717) is 12.2 Å². The fourth-order valence-electron chi connectivity index (χ4n) is 4.25. The molecule has 1 aromatic carbocycles. The number of phenols is 1. The fourth-order valence-corrected chi connectivity index (χ4v) is 4.25. The van der Waals surface area contributed by atoms with E-state index in [-0.39, 0.29) is 6.61 Å². The lowest BCUT2D eigenvalue weighted by Crippen LogP contribution is -2.41. The smallest absolute Gasteiger partial charge is 0.377 e. The van der Waals surface area contributed by atoms with Crippen molar-refractivity contribution in [3.63, 3.8) is 0 Å². The number of aromatic hydroxyl groups is 1. The van der Waals surface area contributed by atoms with Crippen LogP contribution in [0.1, 0.15) is 42.0 Å². The van der Waals surface area contributed by atoms with E-state index >= 15 is 0 Å². The Kier molecular flexibility index (Phi) is 4.66. The lowest BCUT2D eigenvalue weighted by atomic mass is 9.85. The molecule has 29 heavy (non-hydrogen) atoms. The molecule has 0 spiro atoms. The van der Waals surface area contributed by atoms with Crippen LogP contribution in [-0.2, 0) is 25.4 Å². The Morgan fingerprint density at radius 3 is 2.48 bits per heavy atom. The van der Waals surface area contributed by atoms with Crippen LogP contribution in [0.4, 0.5) is 0 Å². The Hall–Kier alpha value is -2.45. The van der Waals surface area contributed by atoms with Crippen molar-refractivity contribution in [3.8, 4) is 11.5 Å². The molecule has 1 aromatic rings. The summed E-state index contributed by atoms with van der Waals surface area (Å²) >= 11 is 0. The zero-order chi connectivity index (χ0) is 21.1. The Morgan fingerprint density at radius 2 is 1.83 bits per heavy atom. The zero-order valence-corrected chi connectivity index (χ0v) is 16.9. The number of aliphatic hydroxyl groups is 2. The minimum atomic E-state index is -1.07. The Labute approximate surface area is 168 Å². The van der Waals surface area contributed by atoms with Gasteiger partial charge >= 0.3 is 5.97 Å². The van der Waals surface area contributed by atoms with Gasteiger partial charge in [-0.05, 0) is 57.2 Å². The van der Waals surface area contributed by atoms with E-state index in [1.807, 2.05) is 27.7 Å². The quantitative estimate of drug-likeness (QED) is 0.657. The first-order chi connectivity index (χ1) is 13.6. The predicted octanol–water partition coefficient (Wildman–Crippen LogP) is 2.79. The van der Waals surface area contributed by atoms with E-state index in [4.69, 9.17) is 18.9 Å². The van der Waals surface area contributed by atoms with E-state index in [1.165, 1.54) is 0 Å². The molecule has 4 rings (SSSR count). The van der Waals surface area contributed by atoms with E-state index in [2.05, 4.69) is 0 Å². The minimum absolute atomic E-state index is 0.123. The van der Waals surface area contributed by atoms with E-state index in [1.54, 1.807) is 0 Å². The number of carbonyl (C=O) groups is 1. The van der Waals surface area contributed by atoms with Crippen LogP contribution in [-0.4, -0.2) is 52.0 Å². The van der Waals surface area contributed by atoms with Gasteiger partial charge in [0.2, 0.25) is 5.76 Å². The van der Waals surface area contributed by atoms with Crippen LogP contribution in [0.5, 0.6) is 11.5 Å². The molecule has 1 saturated heterocycles. The van der Waals surface area contributed by atoms with Crippen LogP contribution in [0.3, 0.4) is 0 Å². The van der Waals surface area contributed by atoms with Gasteiger partial charge in [-0.3, -0.25) is 0 Å². The van der Waals surface area contributed by atoms with Crippen molar-refractivity contribution in [2.45, 2.75) is 71.1 Å². The second-order valence-electron chi connectivity index (χ2n) is 8.28. The number of hydrogen-bond acceptors (Lipinski definition) is 8. The van der Waals surface area contributed by atoms with Gasteiger partial charge in [-0.15, -0.1) is 0 Å². The third-order valence-corrected chi connectivity index (χ3v) is 6.24. The highest BCUT2D eigenvalue weighted by Gasteiger charge is 2.46. The molecule has 8 heteroatoms. The molecular weight excluding hydrogens is 380 g/mol. The molecule has 0 radical (unpaired) electrons. The second kappa shape index (κ2) is 6.81. The summed E-state index contributed by atoms with van der Waals surface area (Å²) in [6, 6.07) is 0. The normalized spacial score (nSPS) is 31.6. The molecule has 1 fully saturated rings. The maximum Gasteiger partial charge on any atom is 0.377 e.